The van der Waals surface area contributed by atoms with Crippen molar-refractivity contribution in [3.05, 3.63) is 100 Å². The first-order valence-electron chi connectivity index (χ1n) is 10.3. The summed E-state index contributed by atoms with van der Waals surface area (Å²) in [6.07, 6.45) is 1.26. The molecular weight excluding hydrogens is 440 g/mol. The third-order valence-corrected chi connectivity index (χ3v) is 6.07. The smallest absolute Gasteiger partial charge is 0.139 e. The Labute approximate surface area is 186 Å². The normalized spacial score (nSPS) is 16.9. The van der Waals surface area contributed by atoms with Gasteiger partial charge in [-0.3, -0.25) is 4.79 Å². The van der Waals surface area contributed by atoms with E-state index in [0.717, 1.165) is 33.3 Å². The molecule has 1 unspecified atom stereocenters. The summed E-state index contributed by atoms with van der Waals surface area (Å²) in [7, 11) is 0. The lowest BCUT2D eigenvalue weighted by atomic mass is 9.84. The van der Waals surface area contributed by atoms with Gasteiger partial charge < -0.3 is 9.47 Å². The summed E-state index contributed by atoms with van der Waals surface area (Å²) >= 11 is 3.61. The minimum atomic E-state index is -0.0671. The molecule has 154 valence electrons. The van der Waals surface area contributed by atoms with Crippen LogP contribution in [0.2, 0.25) is 0 Å². The van der Waals surface area contributed by atoms with Gasteiger partial charge in [-0.2, -0.15) is 0 Å². The zero-order chi connectivity index (χ0) is 20.8. The van der Waals surface area contributed by atoms with Gasteiger partial charge in [-0.05, 0) is 35.7 Å². The molecule has 2 atom stereocenters. The minimum absolute atomic E-state index is 0.00273. The third kappa shape index (κ3) is 5.18. The SMILES string of the molecule is O=C(C[C@@H](c1ccccc1)c1cc(Br)ccc1OCc1ccccc1)C1CCOC1. The lowest BCUT2D eigenvalue weighted by Crippen LogP contribution is -2.18. The van der Waals surface area contributed by atoms with Crippen molar-refractivity contribution in [2.24, 2.45) is 5.92 Å². The number of ether oxygens (including phenoxy) is 2. The Balaban J connectivity index is 1.65. The number of benzene rings is 3. The van der Waals surface area contributed by atoms with Crippen LogP contribution in [0.4, 0.5) is 0 Å². The predicted octanol–water partition coefficient (Wildman–Crippen LogP) is 6.16. The maximum Gasteiger partial charge on any atom is 0.139 e. The first-order chi connectivity index (χ1) is 14.7. The van der Waals surface area contributed by atoms with Gasteiger partial charge in [0.15, 0.2) is 0 Å². The van der Waals surface area contributed by atoms with Gasteiger partial charge in [-0.15, -0.1) is 0 Å². The van der Waals surface area contributed by atoms with Crippen LogP contribution in [0.1, 0.15) is 35.4 Å². The number of rotatable bonds is 8. The summed E-state index contributed by atoms with van der Waals surface area (Å²) in [6, 6.07) is 26.4. The monoisotopic (exact) mass is 464 g/mol. The second kappa shape index (κ2) is 10.1. The summed E-state index contributed by atoms with van der Waals surface area (Å²) in [5, 5.41) is 0. The van der Waals surface area contributed by atoms with Crippen LogP contribution in [0.25, 0.3) is 0 Å². The molecule has 0 N–H and O–H groups in total. The molecule has 30 heavy (non-hydrogen) atoms. The summed E-state index contributed by atoms with van der Waals surface area (Å²) in [5.41, 5.74) is 3.26. The van der Waals surface area contributed by atoms with Gasteiger partial charge in [0.05, 0.1) is 6.61 Å². The molecule has 0 radical (unpaired) electrons. The molecule has 1 saturated heterocycles. The minimum Gasteiger partial charge on any atom is -0.489 e. The van der Waals surface area contributed by atoms with Crippen molar-refractivity contribution in [3.8, 4) is 5.75 Å². The molecule has 3 aromatic rings. The highest BCUT2D eigenvalue weighted by molar-refractivity contribution is 9.10. The molecule has 1 heterocycles. The average molecular weight is 465 g/mol. The Morgan fingerprint density at radius 3 is 2.47 bits per heavy atom. The molecule has 1 fully saturated rings. The molecular formula is C26H25BrO3. The van der Waals surface area contributed by atoms with Crippen molar-refractivity contribution in [3.63, 3.8) is 0 Å². The molecule has 0 spiro atoms. The van der Waals surface area contributed by atoms with Crippen LogP contribution in [0.3, 0.4) is 0 Å². The lowest BCUT2D eigenvalue weighted by Gasteiger charge is -2.22. The number of hydrogen-bond acceptors (Lipinski definition) is 3. The van der Waals surface area contributed by atoms with E-state index in [-0.39, 0.29) is 17.6 Å². The van der Waals surface area contributed by atoms with Gasteiger partial charge in [0.1, 0.15) is 18.1 Å². The summed E-state index contributed by atoms with van der Waals surface area (Å²) in [5.74, 6) is 1.00. The second-order valence-corrected chi connectivity index (χ2v) is 8.57. The van der Waals surface area contributed by atoms with Crippen LogP contribution in [0.5, 0.6) is 5.75 Å². The van der Waals surface area contributed by atoms with Gasteiger partial charge in [0.25, 0.3) is 0 Å². The van der Waals surface area contributed by atoms with Crippen LogP contribution in [0.15, 0.2) is 83.3 Å². The van der Waals surface area contributed by atoms with Crippen molar-refractivity contribution < 1.29 is 14.3 Å². The number of ketones is 1. The summed E-state index contributed by atoms with van der Waals surface area (Å²) in [4.78, 5) is 13.0. The Morgan fingerprint density at radius 1 is 1.03 bits per heavy atom. The summed E-state index contributed by atoms with van der Waals surface area (Å²) in [6.45, 7) is 1.70. The molecule has 4 heteroatoms. The van der Waals surface area contributed by atoms with Crippen LogP contribution in [-0.4, -0.2) is 19.0 Å². The van der Waals surface area contributed by atoms with Gasteiger partial charge >= 0.3 is 0 Å². The van der Waals surface area contributed by atoms with Crippen molar-refractivity contribution in [2.45, 2.75) is 25.4 Å². The highest BCUT2D eigenvalue weighted by atomic mass is 79.9. The number of carbonyl (C=O) groups is 1. The van der Waals surface area contributed by atoms with E-state index in [2.05, 4.69) is 46.3 Å². The molecule has 4 rings (SSSR count). The highest BCUT2D eigenvalue weighted by Gasteiger charge is 2.28. The predicted molar refractivity (Wildman–Crippen MR) is 122 cm³/mol. The highest BCUT2D eigenvalue weighted by Crippen LogP contribution is 2.38. The van der Waals surface area contributed by atoms with Gasteiger partial charge in [0.2, 0.25) is 0 Å². The molecule has 0 aliphatic carbocycles. The first kappa shape index (κ1) is 20.8. The fourth-order valence-electron chi connectivity index (χ4n) is 3.91. The second-order valence-electron chi connectivity index (χ2n) is 7.65. The maximum atomic E-state index is 13.0. The fourth-order valence-corrected chi connectivity index (χ4v) is 4.29. The first-order valence-corrected chi connectivity index (χ1v) is 11.1. The van der Waals surface area contributed by atoms with Crippen molar-refractivity contribution >= 4 is 21.7 Å². The molecule has 0 bridgehead atoms. The Morgan fingerprint density at radius 2 is 1.77 bits per heavy atom. The Kier molecular flexibility index (Phi) is 6.98. The molecule has 0 amide bonds. The fraction of sp³-hybridized carbons (Fsp3) is 0.269. The number of Topliss-reactive ketones (excluding diaryl/α,β-unsaturated/α-hetero) is 1. The molecule has 0 saturated carbocycles. The lowest BCUT2D eigenvalue weighted by molar-refractivity contribution is -0.123. The van der Waals surface area contributed by atoms with Crippen LogP contribution in [-0.2, 0) is 16.1 Å². The Hall–Kier alpha value is -2.43. The van der Waals surface area contributed by atoms with Gasteiger partial charge in [0, 0.05) is 34.9 Å². The van der Waals surface area contributed by atoms with Gasteiger partial charge in [-0.1, -0.05) is 76.6 Å². The summed E-state index contributed by atoms with van der Waals surface area (Å²) < 4.78 is 12.7. The quantitative estimate of drug-likeness (QED) is 0.400. The largest absolute Gasteiger partial charge is 0.489 e. The van der Waals surface area contributed by atoms with E-state index in [1.807, 2.05) is 48.5 Å². The van der Waals surface area contributed by atoms with E-state index < -0.39 is 0 Å². The Bertz CT molecular complexity index is 966. The van der Waals surface area contributed by atoms with Crippen molar-refractivity contribution in [1.29, 1.82) is 0 Å². The molecule has 0 aromatic heterocycles. The molecule has 3 nitrogen and oxygen atoms in total. The van der Waals surface area contributed by atoms with E-state index in [9.17, 15) is 4.79 Å². The van der Waals surface area contributed by atoms with Crippen molar-refractivity contribution in [1.82, 2.24) is 0 Å². The van der Waals surface area contributed by atoms with E-state index >= 15 is 0 Å². The van der Waals surface area contributed by atoms with E-state index in [4.69, 9.17) is 9.47 Å². The average Bonchev–Trinajstić information content (AvgIpc) is 3.33. The third-order valence-electron chi connectivity index (χ3n) is 5.58. The van der Waals surface area contributed by atoms with E-state index in [0.29, 0.717) is 26.2 Å². The van der Waals surface area contributed by atoms with E-state index in [1.54, 1.807) is 0 Å². The molecule has 3 aromatic carbocycles. The number of halogens is 1. The molecule has 1 aliphatic rings. The number of hydrogen-bond donors (Lipinski definition) is 0. The van der Waals surface area contributed by atoms with Crippen LogP contribution in [0, 0.1) is 5.92 Å². The van der Waals surface area contributed by atoms with E-state index in [1.165, 1.54) is 0 Å². The molecule has 1 aliphatic heterocycles. The zero-order valence-corrected chi connectivity index (χ0v) is 18.4. The standard InChI is InChI=1S/C26H25BrO3/c27-22-11-12-26(30-17-19-7-3-1-4-8-19)24(15-22)23(20-9-5-2-6-10-20)16-25(28)21-13-14-29-18-21/h1-12,15,21,23H,13-14,16-18H2/t21?,23-/m0/s1. The maximum absolute atomic E-state index is 13.0. The zero-order valence-electron chi connectivity index (χ0n) is 16.8. The van der Waals surface area contributed by atoms with Crippen LogP contribution < -0.4 is 4.74 Å². The van der Waals surface area contributed by atoms with Crippen LogP contribution >= 0.6 is 15.9 Å². The topological polar surface area (TPSA) is 35.5 Å². The number of carbonyl (C=O) groups excluding carboxylic acids is 1. The van der Waals surface area contributed by atoms with Crippen molar-refractivity contribution in [2.75, 3.05) is 13.2 Å². The van der Waals surface area contributed by atoms with Gasteiger partial charge in [-0.25, -0.2) is 0 Å².